The summed E-state index contributed by atoms with van der Waals surface area (Å²) in [5.74, 6) is 0. The fourth-order valence-corrected chi connectivity index (χ4v) is 6.54. The maximum Gasteiger partial charge on any atom is 0.363 e. The summed E-state index contributed by atoms with van der Waals surface area (Å²) in [7, 11) is -7.60. The van der Waals surface area contributed by atoms with Crippen LogP contribution in [0.2, 0.25) is 0 Å². The second kappa shape index (κ2) is 8.31. The number of rotatable bonds is 5. The van der Waals surface area contributed by atoms with E-state index in [1.165, 1.54) is 12.1 Å². The number of sulfonamides is 1. The molecule has 1 saturated heterocycles. The van der Waals surface area contributed by atoms with Crippen molar-refractivity contribution in [2.75, 3.05) is 13.2 Å². The molecule has 162 valence electrons. The van der Waals surface area contributed by atoms with Gasteiger partial charge in [0.05, 0.1) is 23.4 Å². The standard InChI is InChI=1S/C22H28NO5PS/c1-16-6-10-19(11-7-16)21(29(24)27-14-22(4,5)15-28-29)18(3)23-30(25,26)20-12-8-17(2)9-13-20/h6-13,23H,14-15H2,1-5H3/b21-18-. The van der Waals surface area contributed by atoms with Crippen LogP contribution in [-0.2, 0) is 23.6 Å². The van der Waals surface area contributed by atoms with E-state index >= 15 is 0 Å². The van der Waals surface area contributed by atoms with Crippen LogP contribution >= 0.6 is 7.60 Å². The molecule has 0 aromatic heterocycles. The fourth-order valence-electron chi connectivity index (χ4n) is 3.05. The highest BCUT2D eigenvalue weighted by molar-refractivity contribution is 7.89. The normalized spacial score (nSPS) is 19.1. The minimum atomic E-state index is -3.87. The lowest BCUT2D eigenvalue weighted by molar-refractivity contribution is 0.0467. The first-order valence-corrected chi connectivity index (χ1v) is 12.7. The lowest BCUT2D eigenvalue weighted by Crippen LogP contribution is -2.30. The monoisotopic (exact) mass is 449 g/mol. The van der Waals surface area contributed by atoms with Crippen molar-refractivity contribution in [3.05, 3.63) is 70.9 Å². The number of aryl methyl sites for hydroxylation is 2. The second-order valence-corrected chi connectivity index (χ2v) is 12.1. The van der Waals surface area contributed by atoms with Crippen LogP contribution in [0.25, 0.3) is 5.31 Å². The quantitative estimate of drug-likeness (QED) is 0.632. The van der Waals surface area contributed by atoms with Crippen molar-refractivity contribution in [1.82, 2.24) is 4.72 Å². The Morgan fingerprint density at radius 2 is 1.40 bits per heavy atom. The van der Waals surface area contributed by atoms with Gasteiger partial charge in [-0.3, -0.25) is 9.29 Å². The molecule has 0 unspecified atom stereocenters. The molecule has 0 amide bonds. The first-order chi connectivity index (χ1) is 13.9. The Labute approximate surface area is 178 Å². The third-order valence-electron chi connectivity index (χ3n) is 4.82. The predicted octanol–water partition coefficient (Wildman–Crippen LogP) is 5.24. The van der Waals surface area contributed by atoms with E-state index in [0.29, 0.717) is 5.56 Å². The molecule has 1 heterocycles. The zero-order valence-electron chi connectivity index (χ0n) is 17.9. The van der Waals surface area contributed by atoms with E-state index in [0.717, 1.165) is 11.1 Å². The Hall–Kier alpha value is -1.92. The molecule has 0 spiro atoms. The predicted molar refractivity (Wildman–Crippen MR) is 119 cm³/mol. The van der Waals surface area contributed by atoms with Crippen LogP contribution in [0.15, 0.2) is 59.1 Å². The van der Waals surface area contributed by atoms with Gasteiger partial charge in [0, 0.05) is 11.1 Å². The molecule has 1 aliphatic rings. The Balaban J connectivity index is 2.06. The van der Waals surface area contributed by atoms with Crippen LogP contribution in [0.4, 0.5) is 0 Å². The third kappa shape index (κ3) is 5.03. The van der Waals surface area contributed by atoms with E-state index in [-0.39, 0.29) is 34.5 Å². The highest BCUT2D eigenvalue weighted by Gasteiger charge is 2.41. The third-order valence-corrected chi connectivity index (χ3v) is 8.37. The van der Waals surface area contributed by atoms with E-state index in [9.17, 15) is 13.0 Å². The van der Waals surface area contributed by atoms with Gasteiger partial charge >= 0.3 is 7.60 Å². The lowest BCUT2D eigenvalue weighted by Gasteiger charge is -2.35. The molecule has 0 radical (unpaired) electrons. The first kappa shape index (κ1) is 22.8. The van der Waals surface area contributed by atoms with Gasteiger partial charge in [0.15, 0.2) is 0 Å². The second-order valence-electron chi connectivity index (χ2n) is 8.47. The van der Waals surface area contributed by atoms with E-state index in [4.69, 9.17) is 9.05 Å². The number of hydrogen-bond donors (Lipinski definition) is 1. The van der Waals surface area contributed by atoms with Gasteiger partial charge in [-0.25, -0.2) is 8.42 Å². The molecular weight excluding hydrogens is 421 g/mol. The molecule has 6 nitrogen and oxygen atoms in total. The van der Waals surface area contributed by atoms with Gasteiger partial charge in [0.25, 0.3) is 10.0 Å². The molecule has 1 N–H and O–H groups in total. The topological polar surface area (TPSA) is 81.7 Å². The lowest BCUT2D eigenvalue weighted by atomic mass is 9.97. The molecule has 0 bridgehead atoms. The summed E-state index contributed by atoms with van der Waals surface area (Å²) < 4.78 is 53.5. The highest BCUT2D eigenvalue weighted by atomic mass is 32.2. The van der Waals surface area contributed by atoms with Crippen molar-refractivity contribution >= 4 is 22.9 Å². The van der Waals surface area contributed by atoms with Gasteiger partial charge in [0.2, 0.25) is 0 Å². The van der Waals surface area contributed by atoms with Crippen LogP contribution < -0.4 is 4.72 Å². The molecular formula is C22H28NO5PS. The molecule has 2 aromatic rings. The molecule has 0 atom stereocenters. The van der Waals surface area contributed by atoms with Crippen LogP contribution in [0.1, 0.15) is 37.5 Å². The molecule has 0 saturated carbocycles. The van der Waals surface area contributed by atoms with Crippen molar-refractivity contribution in [2.45, 2.75) is 39.5 Å². The summed E-state index contributed by atoms with van der Waals surface area (Å²) in [6, 6.07) is 13.9. The summed E-state index contributed by atoms with van der Waals surface area (Å²) in [4.78, 5) is 0.126. The summed E-state index contributed by atoms with van der Waals surface area (Å²) >= 11 is 0. The SMILES string of the molecule is C/C(NS(=O)(=O)c1ccc(C)cc1)=C(\c1ccc(C)cc1)P1(=O)OCC(C)(C)CO1. The zero-order chi connectivity index (χ0) is 22.2. The molecule has 0 aliphatic carbocycles. The van der Waals surface area contributed by atoms with Gasteiger partial charge in [-0.1, -0.05) is 61.4 Å². The number of hydrogen-bond acceptors (Lipinski definition) is 5. The van der Waals surface area contributed by atoms with Crippen molar-refractivity contribution in [3.63, 3.8) is 0 Å². The van der Waals surface area contributed by atoms with Gasteiger partial charge in [-0.05, 0) is 38.5 Å². The summed E-state index contributed by atoms with van der Waals surface area (Å²) in [6.45, 7) is 9.81. The Morgan fingerprint density at radius 3 is 1.90 bits per heavy atom. The van der Waals surface area contributed by atoms with Gasteiger partial charge < -0.3 is 9.05 Å². The van der Waals surface area contributed by atoms with Crippen molar-refractivity contribution in [2.24, 2.45) is 5.41 Å². The molecule has 8 heteroatoms. The van der Waals surface area contributed by atoms with E-state index < -0.39 is 17.6 Å². The number of nitrogens with one attached hydrogen (secondary N) is 1. The zero-order valence-corrected chi connectivity index (χ0v) is 19.6. The smallest absolute Gasteiger partial charge is 0.304 e. The largest absolute Gasteiger partial charge is 0.363 e. The molecule has 1 fully saturated rings. The molecule has 30 heavy (non-hydrogen) atoms. The van der Waals surface area contributed by atoms with Gasteiger partial charge in [-0.15, -0.1) is 0 Å². The molecule has 1 aliphatic heterocycles. The van der Waals surface area contributed by atoms with E-state index in [1.807, 2.05) is 39.8 Å². The Morgan fingerprint density at radius 1 is 0.933 bits per heavy atom. The first-order valence-electron chi connectivity index (χ1n) is 9.69. The van der Waals surface area contributed by atoms with Crippen molar-refractivity contribution in [3.8, 4) is 0 Å². The van der Waals surface area contributed by atoms with E-state index in [1.54, 1.807) is 31.2 Å². The number of benzene rings is 2. The van der Waals surface area contributed by atoms with Gasteiger partial charge in [-0.2, -0.15) is 0 Å². The minimum Gasteiger partial charge on any atom is -0.304 e. The average molecular weight is 450 g/mol. The highest BCUT2D eigenvalue weighted by Crippen LogP contribution is 2.64. The summed E-state index contributed by atoms with van der Waals surface area (Å²) in [5.41, 5.74) is 2.51. The fraction of sp³-hybridized carbons (Fsp3) is 0.364. The van der Waals surface area contributed by atoms with Crippen molar-refractivity contribution in [1.29, 1.82) is 0 Å². The van der Waals surface area contributed by atoms with Crippen LogP contribution in [0.5, 0.6) is 0 Å². The Bertz CT molecular complexity index is 1090. The van der Waals surface area contributed by atoms with Crippen molar-refractivity contribution < 1.29 is 22.0 Å². The average Bonchev–Trinajstić information content (AvgIpc) is 2.66. The molecule has 3 rings (SSSR count). The van der Waals surface area contributed by atoms with Crippen LogP contribution in [-0.4, -0.2) is 21.6 Å². The number of allylic oxidation sites excluding steroid dienone is 1. The summed E-state index contributed by atoms with van der Waals surface area (Å²) in [5, 5.41) is 0.230. The maximum atomic E-state index is 13.7. The van der Waals surface area contributed by atoms with E-state index in [2.05, 4.69) is 4.72 Å². The Kier molecular flexibility index (Phi) is 6.30. The van der Waals surface area contributed by atoms with Crippen LogP contribution in [0, 0.1) is 19.3 Å². The van der Waals surface area contributed by atoms with Crippen LogP contribution in [0.3, 0.4) is 0 Å². The minimum absolute atomic E-state index is 0.126. The molecule has 2 aromatic carbocycles. The van der Waals surface area contributed by atoms with Gasteiger partial charge in [0.1, 0.15) is 0 Å². The maximum absolute atomic E-state index is 13.7. The summed E-state index contributed by atoms with van der Waals surface area (Å²) in [6.07, 6.45) is 0.